The predicted octanol–water partition coefficient (Wildman–Crippen LogP) is 5.36. The number of aromatic nitrogens is 2. The molecular weight excluding hydrogens is 403 g/mol. The van der Waals surface area contributed by atoms with E-state index in [-0.39, 0.29) is 0 Å². The van der Waals surface area contributed by atoms with Crippen LogP contribution < -0.4 is 15.4 Å². The van der Waals surface area contributed by atoms with Crippen molar-refractivity contribution < 1.29 is 4.74 Å². The number of aryl methyl sites for hydroxylation is 1. The molecular formula is C19H18Cl2N4OS. The molecule has 3 aromatic rings. The summed E-state index contributed by atoms with van der Waals surface area (Å²) in [7, 11) is 1.62. The Morgan fingerprint density at radius 1 is 1.19 bits per heavy atom. The average molecular weight is 421 g/mol. The summed E-state index contributed by atoms with van der Waals surface area (Å²) < 4.78 is 7.09. The third kappa shape index (κ3) is 4.91. The summed E-state index contributed by atoms with van der Waals surface area (Å²) in [6.07, 6.45) is 3.52. The van der Waals surface area contributed by atoms with Crippen molar-refractivity contribution in [2.24, 2.45) is 0 Å². The molecule has 0 unspecified atom stereocenters. The summed E-state index contributed by atoms with van der Waals surface area (Å²) in [5, 5.41) is 12.2. The molecule has 0 spiro atoms. The fourth-order valence-corrected chi connectivity index (χ4v) is 3.31. The number of thiocarbonyl (C=S) groups is 1. The first-order valence-corrected chi connectivity index (χ1v) is 9.30. The van der Waals surface area contributed by atoms with Gasteiger partial charge in [0.2, 0.25) is 0 Å². The maximum absolute atomic E-state index is 6.22. The normalized spacial score (nSPS) is 10.5. The first-order valence-electron chi connectivity index (χ1n) is 8.14. The molecule has 0 atom stereocenters. The average Bonchev–Trinajstić information content (AvgIpc) is 3.05. The van der Waals surface area contributed by atoms with Crippen LogP contribution >= 0.6 is 35.4 Å². The number of hydrogen-bond donors (Lipinski definition) is 2. The maximum atomic E-state index is 6.22. The van der Waals surface area contributed by atoms with E-state index < -0.39 is 0 Å². The second kappa shape index (κ2) is 8.61. The van der Waals surface area contributed by atoms with Gasteiger partial charge in [0.1, 0.15) is 5.75 Å². The molecule has 5 nitrogen and oxygen atoms in total. The van der Waals surface area contributed by atoms with Crippen LogP contribution in [0.2, 0.25) is 10.0 Å². The summed E-state index contributed by atoms with van der Waals surface area (Å²) in [4.78, 5) is 0. The van der Waals surface area contributed by atoms with E-state index in [1.807, 2.05) is 37.4 Å². The van der Waals surface area contributed by atoms with Gasteiger partial charge in [-0.2, -0.15) is 5.10 Å². The van der Waals surface area contributed by atoms with Crippen LogP contribution in [0.15, 0.2) is 48.8 Å². The van der Waals surface area contributed by atoms with E-state index >= 15 is 0 Å². The number of hydrogen-bond acceptors (Lipinski definition) is 3. The van der Waals surface area contributed by atoms with Gasteiger partial charge in [-0.15, -0.1) is 0 Å². The van der Waals surface area contributed by atoms with Crippen molar-refractivity contribution >= 4 is 51.9 Å². The Kier molecular flexibility index (Phi) is 6.21. The van der Waals surface area contributed by atoms with E-state index in [0.29, 0.717) is 27.5 Å². The standard InChI is InChI=1S/C19H18Cl2N4OS/c1-12-6-7-18(26-2)17(8-12)24-19(27)23-13-9-22-25(10-13)11-14-15(20)4-3-5-16(14)21/h3-10H,11H2,1-2H3,(H2,23,24,27). The Morgan fingerprint density at radius 2 is 1.93 bits per heavy atom. The number of rotatable bonds is 5. The van der Waals surface area contributed by atoms with Crippen LogP contribution in [0.1, 0.15) is 11.1 Å². The molecule has 2 N–H and O–H groups in total. The molecule has 0 saturated carbocycles. The first kappa shape index (κ1) is 19.5. The Balaban J connectivity index is 1.67. The zero-order valence-corrected chi connectivity index (χ0v) is 17.1. The number of ether oxygens (including phenoxy) is 1. The number of nitrogens with one attached hydrogen (secondary N) is 2. The Hall–Kier alpha value is -2.28. The minimum atomic E-state index is 0.439. The van der Waals surface area contributed by atoms with Gasteiger partial charge < -0.3 is 15.4 Å². The predicted molar refractivity (Wildman–Crippen MR) is 115 cm³/mol. The van der Waals surface area contributed by atoms with Crippen LogP contribution in [0.25, 0.3) is 0 Å². The number of anilines is 2. The topological polar surface area (TPSA) is 51.1 Å². The van der Waals surface area contributed by atoms with Gasteiger partial charge in [0.15, 0.2) is 5.11 Å². The largest absolute Gasteiger partial charge is 0.495 e. The molecule has 3 rings (SSSR count). The molecule has 1 heterocycles. The van der Waals surface area contributed by atoms with Crippen LogP contribution in [0.5, 0.6) is 5.75 Å². The van der Waals surface area contributed by atoms with E-state index in [1.54, 1.807) is 30.1 Å². The monoisotopic (exact) mass is 420 g/mol. The highest BCUT2D eigenvalue weighted by atomic mass is 35.5. The Morgan fingerprint density at radius 3 is 2.63 bits per heavy atom. The number of methoxy groups -OCH3 is 1. The van der Waals surface area contributed by atoms with Crippen LogP contribution in [0, 0.1) is 6.92 Å². The zero-order chi connectivity index (χ0) is 19.4. The third-order valence-corrected chi connectivity index (χ3v) is 4.79. The van der Waals surface area contributed by atoms with Gasteiger partial charge >= 0.3 is 0 Å². The molecule has 0 fully saturated rings. The quantitative estimate of drug-likeness (QED) is 0.543. The minimum Gasteiger partial charge on any atom is -0.495 e. The molecule has 0 radical (unpaired) electrons. The highest BCUT2D eigenvalue weighted by molar-refractivity contribution is 7.80. The molecule has 1 aromatic heterocycles. The van der Waals surface area contributed by atoms with E-state index in [0.717, 1.165) is 22.5 Å². The lowest BCUT2D eigenvalue weighted by atomic mass is 10.2. The molecule has 27 heavy (non-hydrogen) atoms. The van der Waals surface area contributed by atoms with Crippen LogP contribution in [-0.2, 0) is 6.54 Å². The lowest BCUT2D eigenvalue weighted by Crippen LogP contribution is -2.19. The fourth-order valence-electron chi connectivity index (χ4n) is 2.56. The maximum Gasteiger partial charge on any atom is 0.175 e. The van der Waals surface area contributed by atoms with Crippen molar-refractivity contribution in [3.8, 4) is 5.75 Å². The van der Waals surface area contributed by atoms with Crippen LogP contribution in [-0.4, -0.2) is 22.0 Å². The number of halogens is 2. The van der Waals surface area contributed by atoms with Gasteiger partial charge in [-0.3, -0.25) is 4.68 Å². The van der Waals surface area contributed by atoms with Crippen molar-refractivity contribution in [1.29, 1.82) is 0 Å². The van der Waals surface area contributed by atoms with Crippen molar-refractivity contribution in [2.75, 3.05) is 17.7 Å². The lowest BCUT2D eigenvalue weighted by Gasteiger charge is -2.13. The highest BCUT2D eigenvalue weighted by Crippen LogP contribution is 2.26. The van der Waals surface area contributed by atoms with E-state index in [9.17, 15) is 0 Å². The van der Waals surface area contributed by atoms with E-state index in [1.165, 1.54) is 0 Å². The first-order chi connectivity index (χ1) is 13.0. The SMILES string of the molecule is COc1ccc(C)cc1NC(=S)Nc1cnn(Cc2c(Cl)cccc2Cl)c1. The van der Waals surface area contributed by atoms with Crippen molar-refractivity contribution in [1.82, 2.24) is 9.78 Å². The second-order valence-electron chi connectivity index (χ2n) is 5.91. The summed E-state index contributed by atoms with van der Waals surface area (Å²) >= 11 is 17.8. The molecule has 0 aliphatic carbocycles. The smallest absolute Gasteiger partial charge is 0.175 e. The second-order valence-corrected chi connectivity index (χ2v) is 7.13. The lowest BCUT2D eigenvalue weighted by molar-refractivity contribution is 0.417. The van der Waals surface area contributed by atoms with Gasteiger partial charge in [-0.1, -0.05) is 35.3 Å². The summed E-state index contributed by atoms with van der Waals surface area (Å²) in [6, 6.07) is 11.3. The molecule has 2 aromatic carbocycles. The minimum absolute atomic E-state index is 0.439. The fraction of sp³-hybridized carbons (Fsp3) is 0.158. The summed E-state index contributed by atoms with van der Waals surface area (Å²) in [6.45, 7) is 2.47. The molecule has 140 valence electrons. The van der Waals surface area contributed by atoms with Gasteiger partial charge in [-0.05, 0) is 49.0 Å². The molecule has 0 saturated heterocycles. The van der Waals surface area contributed by atoms with Crippen molar-refractivity contribution in [2.45, 2.75) is 13.5 Å². The Bertz CT molecular complexity index is 954. The Labute approximate surface area is 173 Å². The van der Waals surface area contributed by atoms with Crippen LogP contribution in [0.4, 0.5) is 11.4 Å². The third-order valence-electron chi connectivity index (χ3n) is 3.88. The van der Waals surface area contributed by atoms with Gasteiger partial charge in [0.05, 0.1) is 31.2 Å². The molecule has 0 bridgehead atoms. The molecule has 0 aliphatic rings. The molecule has 0 amide bonds. The zero-order valence-electron chi connectivity index (χ0n) is 14.8. The van der Waals surface area contributed by atoms with E-state index in [4.69, 9.17) is 40.2 Å². The number of nitrogens with zero attached hydrogens (tertiary/aromatic N) is 2. The molecule has 0 aliphatic heterocycles. The van der Waals surface area contributed by atoms with Crippen LogP contribution in [0.3, 0.4) is 0 Å². The van der Waals surface area contributed by atoms with Crippen molar-refractivity contribution in [3.05, 3.63) is 70.0 Å². The van der Waals surface area contributed by atoms with Crippen molar-refractivity contribution in [3.63, 3.8) is 0 Å². The van der Waals surface area contributed by atoms with E-state index in [2.05, 4.69) is 15.7 Å². The summed E-state index contributed by atoms with van der Waals surface area (Å²) in [5.41, 5.74) is 3.47. The van der Waals surface area contributed by atoms with Gasteiger partial charge in [0, 0.05) is 21.8 Å². The summed E-state index contributed by atoms with van der Waals surface area (Å²) in [5.74, 6) is 0.716. The van der Waals surface area contributed by atoms with Gasteiger partial charge in [0.25, 0.3) is 0 Å². The molecule has 8 heteroatoms. The highest BCUT2D eigenvalue weighted by Gasteiger charge is 2.09. The van der Waals surface area contributed by atoms with Gasteiger partial charge in [-0.25, -0.2) is 0 Å². The number of benzene rings is 2.